The molecule has 3 heterocycles. The van der Waals surface area contributed by atoms with E-state index in [2.05, 4.69) is 33.3 Å². The van der Waals surface area contributed by atoms with E-state index in [4.69, 9.17) is 0 Å². The number of rotatable bonds is 3. The number of aromatic nitrogens is 4. The summed E-state index contributed by atoms with van der Waals surface area (Å²) in [4.78, 5) is 22.7. The largest absolute Gasteiger partial charge is 0.338 e. The molecule has 3 aromatic rings. The summed E-state index contributed by atoms with van der Waals surface area (Å²) in [6, 6.07) is 12.1. The zero-order valence-electron chi connectivity index (χ0n) is 13.2. The fraction of sp³-hybridized carbons (Fsp3) is 0.222. The number of hydrogen-bond acceptors (Lipinski definition) is 4. The molecule has 4 rings (SSSR count). The van der Waals surface area contributed by atoms with Gasteiger partial charge in [0.2, 0.25) is 5.91 Å². The van der Waals surface area contributed by atoms with E-state index in [0.717, 1.165) is 13.0 Å². The van der Waals surface area contributed by atoms with E-state index >= 15 is 0 Å². The summed E-state index contributed by atoms with van der Waals surface area (Å²) in [5.41, 5.74) is 2.53. The van der Waals surface area contributed by atoms with Gasteiger partial charge in [-0.05, 0) is 23.6 Å². The van der Waals surface area contributed by atoms with Gasteiger partial charge in [0.1, 0.15) is 0 Å². The predicted octanol–water partition coefficient (Wildman–Crippen LogP) is 1.98. The molecule has 0 N–H and O–H groups in total. The Labute approximate surface area is 139 Å². The Morgan fingerprint density at radius 1 is 1.17 bits per heavy atom. The summed E-state index contributed by atoms with van der Waals surface area (Å²) in [5, 5.41) is 4.29. The molecule has 1 aliphatic heterocycles. The van der Waals surface area contributed by atoms with Gasteiger partial charge in [-0.2, -0.15) is 4.98 Å². The molecule has 0 bridgehead atoms. The lowest BCUT2D eigenvalue weighted by Gasteiger charge is -2.26. The summed E-state index contributed by atoms with van der Waals surface area (Å²) in [5.74, 6) is 1.08. The molecule has 0 radical (unpaired) electrons. The molecule has 0 saturated carbocycles. The maximum atomic E-state index is 12.5. The van der Waals surface area contributed by atoms with Crippen LogP contribution in [0.25, 0.3) is 11.4 Å². The minimum atomic E-state index is 0.0502. The number of benzene rings is 1. The van der Waals surface area contributed by atoms with E-state index in [1.807, 2.05) is 23.1 Å². The standard InChI is InChI=1S/C18H17N5O/c24-17(13-16-20-18-19-9-4-10-23(18)21-16)22-11-7-15(8-12-22)14-5-2-1-3-6-14/h1-7,9-10H,8,11-13H2. The van der Waals surface area contributed by atoms with Gasteiger partial charge >= 0.3 is 0 Å². The quantitative estimate of drug-likeness (QED) is 0.740. The topological polar surface area (TPSA) is 63.4 Å². The van der Waals surface area contributed by atoms with E-state index in [-0.39, 0.29) is 12.3 Å². The molecule has 6 nitrogen and oxygen atoms in total. The van der Waals surface area contributed by atoms with E-state index in [1.54, 1.807) is 23.0 Å². The van der Waals surface area contributed by atoms with Crippen molar-refractivity contribution in [2.24, 2.45) is 0 Å². The lowest BCUT2D eigenvalue weighted by atomic mass is 9.99. The molecule has 0 spiro atoms. The Bertz CT molecular complexity index is 867. The van der Waals surface area contributed by atoms with E-state index in [0.29, 0.717) is 18.1 Å². The zero-order chi connectivity index (χ0) is 16.4. The Morgan fingerprint density at radius 2 is 2.04 bits per heavy atom. The number of carbonyl (C=O) groups excluding carboxylic acids is 1. The van der Waals surface area contributed by atoms with Crippen molar-refractivity contribution in [3.8, 4) is 0 Å². The van der Waals surface area contributed by atoms with Crippen molar-refractivity contribution in [3.05, 3.63) is 66.3 Å². The number of amides is 1. The van der Waals surface area contributed by atoms with Crippen molar-refractivity contribution in [3.63, 3.8) is 0 Å². The van der Waals surface area contributed by atoms with Crippen LogP contribution in [0.1, 0.15) is 17.8 Å². The van der Waals surface area contributed by atoms with Crippen LogP contribution in [0.2, 0.25) is 0 Å². The molecule has 0 aliphatic carbocycles. The van der Waals surface area contributed by atoms with Gasteiger partial charge in [0.15, 0.2) is 5.82 Å². The van der Waals surface area contributed by atoms with Crippen molar-refractivity contribution in [1.82, 2.24) is 24.5 Å². The van der Waals surface area contributed by atoms with Gasteiger partial charge in [-0.3, -0.25) is 4.79 Å². The normalized spacial score (nSPS) is 14.7. The van der Waals surface area contributed by atoms with Crippen molar-refractivity contribution in [2.75, 3.05) is 13.1 Å². The first-order valence-electron chi connectivity index (χ1n) is 7.98. The van der Waals surface area contributed by atoms with E-state index in [9.17, 15) is 4.79 Å². The number of hydrogen-bond donors (Lipinski definition) is 0. The summed E-state index contributed by atoms with van der Waals surface area (Å²) < 4.78 is 1.59. The third-order valence-corrected chi connectivity index (χ3v) is 4.18. The molecule has 0 unspecified atom stereocenters. The average molecular weight is 319 g/mol. The van der Waals surface area contributed by atoms with Crippen molar-refractivity contribution >= 4 is 17.3 Å². The minimum Gasteiger partial charge on any atom is -0.338 e. The highest BCUT2D eigenvalue weighted by molar-refractivity contribution is 5.79. The van der Waals surface area contributed by atoms with Crippen molar-refractivity contribution in [2.45, 2.75) is 12.8 Å². The smallest absolute Gasteiger partial charge is 0.252 e. The Morgan fingerprint density at radius 3 is 2.79 bits per heavy atom. The molecule has 0 atom stereocenters. The lowest BCUT2D eigenvalue weighted by molar-refractivity contribution is -0.130. The fourth-order valence-electron chi connectivity index (χ4n) is 2.91. The first-order chi connectivity index (χ1) is 11.8. The maximum Gasteiger partial charge on any atom is 0.252 e. The minimum absolute atomic E-state index is 0.0502. The number of carbonyl (C=O) groups is 1. The molecule has 1 amide bonds. The Balaban J connectivity index is 1.43. The molecule has 6 heteroatoms. The van der Waals surface area contributed by atoms with Crippen LogP contribution < -0.4 is 0 Å². The predicted molar refractivity (Wildman–Crippen MR) is 90.1 cm³/mol. The van der Waals surface area contributed by atoms with Gasteiger partial charge in [-0.25, -0.2) is 9.50 Å². The molecule has 120 valence electrons. The molecular weight excluding hydrogens is 302 g/mol. The SMILES string of the molecule is O=C(Cc1nc2ncccn2n1)N1CC=C(c2ccccc2)CC1. The number of fused-ring (bicyclic) bond motifs is 1. The second kappa shape index (κ2) is 6.23. The average Bonchev–Trinajstić information content (AvgIpc) is 3.05. The van der Waals surface area contributed by atoms with Crippen LogP contribution in [-0.2, 0) is 11.2 Å². The zero-order valence-corrected chi connectivity index (χ0v) is 13.2. The van der Waals surface area contributed by atoms with E-state index < -0.39 is 0 Å². The Hall–Kier alpha value is -3.02. The highest BCUT2D eigenvalue weighted by Crippen LogP contribution is 2.22. The monoisotopic (exact) mass is 319 g/mol. The molecule has 1 aliphatic rings. The van der Waals surface area contributed by atoms with Crippen molar-refractivity contribution < 1.29 is 4.79 Å². The second-order valence-corrected chi connectivity index (χ2v) is 5.75. The Kier molecular flexibility index (Phi) is 3.78. The molecule has 0 fully saturated rings. The summed E-state index contributed by atoms with van der Waals surface area (Å²) >= 11 is 0. The van der Waals surface area contributed by atoms with Crippen LogP contribution in [0.15, 0.2) is 54.9 Å². The molecule has 2 aromatic heterocycles. The van der Waals surface area contributed by atoms with Crippen LogP contribution in [0.4, 0.5) is 0 Å². The second-order valence-electron chi connectivity index (χ2n) is 5.75. The highest BCUT2D eigenvalue weighted by atomic mass is 16.2. The van der Waals surface area contributed by atoms with Gasteiger partial charge < -0.3 is 4.90 Å². The first kappa shape index (κ1) is 14.6. The van der Waals surface area contributed by atoms with Crippen LogP contribution in [0.5, 0.6) is 0 Å². The fourth-order valence-corrected chi connectivity index (χ4v) is 2.91. The van der Waals surface area contributed by atoms with E-state index in [1.165, 1.54) is 11.1 Å². The molecule has 0 saturated heterocycles. The third-order valence-electron chi connectivity index (χ3n) is 4.18. The molecular formula is C18H17N5O. The van der Waals surface area contributed by atoms with Crippen LogP contribution in [0.3, 0.4) is 0 Å². The lowest BCUT2D eigenvalue weighted by Crippen LogP contribution is -2.35. The number of nitrogens with zero attached hydrogens (tertiary/aromatic N) is 5. The highest BCUT2D eigenvalue weighted by Gasteiger charge is 2.19. The summed E-state index contributed by atoms with van der Waals surface area (Å²) in [6.07, 6.45) is 6.65. The van der Waals surface area contributed by atoms with Crippen molar-refractivity contribution in [1.29, 1.82) is 0 Å². The van der Waals surface area contributed by atoms with Gasteiger partial charge in [0, 0.05) is 25.5 Å². The molecule has 24 heavy (non-hydrogen) atoms. The summed E-state index contributed by atoms with van der Waals surface area (Å²) in [7, 11) is 0. The van der Waals surface area contributed by atoms with Gasteiger partial charge in [-0.15, -0.1) is 5.10 Å². The molecule has 1 aromatic carbocycles. The van der Waals surface area contributed by atoms with Crippen LogP contribution >= 0.6 is 0 Å². The van der Waals surface area contributed by atoms with Gasteiger partial charge in [0.05, 0.1) is 6.42 Å². The first-order valence-corrected chi connectivity index (χ1v) is 7.98. The third kappa shape index (κ3) is 2.90. The summed E-state index contributed by atoms with van der Waals surface area (Å²) in [6.45, 7) is 1.36. The van der Waals surface area contributed by atoms with Crippen LogP contribution in [0, 0.1) is 0 Å². The maximum absolute atomic E-state index is 12.5. The van der Waals surface area contributed by atoms with Gasteiger partial charge in [0.25, 0.3) is 5.78 Å². The van der Waals surface area contributed by atoms with Crippen LogP contribution in [-0.4, -0.2) is 43.5 Å². The van der Waals surface area contributed by atoms with Gasteiger partial charge in [-0.1, -0.05) is 36.4 Å².